The summed E-state index contributed by atoms with van der Waals surface area (Å²) in [6, 6.07) is 0. The second kappa shape index (κ2) is 18.6. The number of ether oxygens (including phenoxy) is 4. The maximum Gasteiger partial charge on any atom is 0.303 e. The highest BCUT2D eigenvalue weighted by molar-refractivity contribution is 14.1. The fraction of sp³-hybridized carbons (Fsp3) is 0.519. The average molecular weight is 957 g/mol. The van der Waals surface area contributed by atoms with E-state index in [4.69, 9.17) is 18.9 Å². The summed E-state index contributed by atoms with van der Waals surface area (Å²) in [5, 5.41) is 11.5. The molecule has 0 aliphatic heterocycles. The van der Waals surface area contributed by atoms with Crippen LogP contribution < -0.4 is 14.9 Å². The Balaban J connectivity index is 4.10. The van der Waals surface area contributed by atoms with Gasteiger partial charge in [-0.2, -0.15) is 0 Å². The highest BCUT2D eigenvalue weighted by Gasteiger charge is 2.35. The lowest BCUT2D eigenvalue weighted by atomic mass is 10.1. The van der Waals surface area contributed by atoms with Crippen LogP contribution in [0.2, 0.25) is 0 Å². The number of hydrogen-bond donors (Lipinski definition) is 0. The molecular formula is C27H32I3N2O12-. The van der Waals surface area contributed by atoms with Crippen LogP contribution in [0, 0.1) is 10.7 Å². The van der Waals surface area contributed by atoms with Crippen molar-refractivity contribution in [2.75, 3.05) is 36.1 Å². The molecule has 17 heteroatoms. The summed E-state index contributed by atoms with van der Waals surface area (Å²) in [5.74, 6) is -5.34. The molecule has 1 rings (SSSR count). The molecule has 2 amide bonds. The number of carboxylic acids is 1. The van der Waals surface area contributed by atoms with E-state index in [1.165, 1.54) is 37.5 Å². The molecule has 0 N–H and O–H groups in total. The zero-order valence-electron chi connectivity index (χ0n) is 24.8. The van der Waals surface area contributed by atoms with E-state index in [2.05, 4.69) is 0 Å². The van der Waals surface area contributed by atoms with E-state index in [0.29, 0.717) is 16.3 Å². The molecule has 0 aromatic heterocycles. The zero-order chi connectivity index (χ0) is 33.9. The Morgan fingerprint density at radius 1 is 0.659 bits per heavy atom. The second-order valence-corrected chi connectivity index (χ2v) is 12.4. The smallest absolute Gasteiger partial charge is 0.303 e. The highest BCUT2D eigenvalue weighted by atomic mass is 127. The molecule has 0 aliphatic carbocycles. The van der Waals surface area contributed by atoms with Crippen LogP contribution in [0.25, 0.3) is 0 Å². The van der Waals surface area contributed by atoms with E-state index in [-0.39, 0.29) is 44.1 Å². The van der Waals surface area contributed by atoms with Gasteiger partial charge in [-0.15, -0.1) is 0 Å². The van der Waals surface area contributed by atoms with Gasteiger partial charge in [-0.25, -0.2) is 0 Å². The van der Waals surface area contributed by atoms with E-state index in [0.717, 1.165) is 13.8 Å². The number of carbonyl (C=O) groups excluding carboxylic acids is 7. The van der Waals surface area contributed by atoms with Crippen molar-refractivity contribution in [3.63, 3.8) is 0 Å². The van der Waals surface area contributed by atoms with E-state index >= 15 is 0 Å². The van der Waals surface area contributed by atoms with Crippen molar-refractivity contribution < 1.29 is 57.6 Å². The van der Waals surface area contributed by atoms with E-state index in [1.54, 1.807) is 0 Å². The molecule has 0 spiro atoms. The summed E-state index contributed by atoms with van der Waals surface area (Å²) < 4.78 is 21.6. The molecule has 2 unspecified atom stereocenters. The third-order valence-electron chi connectivity index (χ3n) is 5.63. The molecule has 0 heterocycles. The summed E-state index contributed by atoms with van der Waals surface area (Å²) in [6.07, 6.45) is -3.00. The van der Waals surface area contributed by atoms with Gasteiger partial charge in [0.15, 0.2) is 12.2 Å². The topological polar surface area (TPSA) is 186 Å². The highest BCUT2D eigenvalue weighted by Crippen LogP contribution is 2.43. The Labute approximate surface area is 295 Å². The van der Waals surface area contributed by atoms with Crippen LogP contribution in [0.3, 0.4) is 0 Å². The maximum atomic E-state index is 13.7. The van der Waals surface area contributed by atoms with Crippen molar-refractivity contribution in [2.24, 2.45) is 0 Å². The SMILES string of the molecule is CC(=O)OCCN(C(=O)C(C)OC(C)=O)c1c(I)c(CCC(=O)[O-])c(I)c(N(CCOC(C)=O)C(=O)C(C)OC(C)=O)c1I. The molecule has 0 radical (unpaired) electrons. The number of carbonyl (C=O) groups is 7. The Morgan fingerprint density at radius 3 is 1.32 bits per heavy atom. The van der Waals surface area contributed by atoms with Crippen molar-refractivity contribution in [1.82, 2.24) is 0 Å². The van der Waals surface area contributed by atoms with Gasteiger partial charge in [0.25, 0.3) is 11.8 Å². The number of anilines is 2. The van der Waals surface area contributed by atoms with Crippen LogP contribution in [0.1, 0.15) is 53.5 Å². The van der Waals surface area contributed by atoms with E-state index in [9.17, 15) is 38.7 Å². The van der Waals surface area contributed by atoms with Crippen LogP contribution in [0.4, 0.5) is 11.4 Å². The number of rotatable bonds is 15. The van der Waals surface area contributed by atoms with Crippen LogP contribution in [0.15, 0.2) is 0 Å². The summed E-state index contributed by atoms with van der Waals surface area (Å²) in [6.45, 7) is 6.52. The molecule has 0 saturated carbocycles. The van der Waals surface area contributed by atoms with Crippen molar-refractivity contribution in [3.8, 4) is 0 Å². The van der Waals surface area contributed by atoms with Crippen LogP contribution >= 0.6 is 67.8 Å². The van der Waals surface area contributed by atoms with Crippen molar-refractivity contribution in [3.05, 3.63) is 16.3 Å². The monoisotopic (exact) mass is 957 g/mol. The predicted octanol–water partition coefficient (Wildman–Crippen LogP) is 1.88. The standard InChI is InChI=1S/C27H33I3N2O12/c1-13(43-17(5)35)26(39)31(9-11-41-15(3)33)24-21(28)19(7-8-20(37)38)22(29)25(23(24)30)32(10-12-42-16(4)34)27(40)14(2)44-18(6)36/h13-14H,7-12H2,1-6H3,(H,37,38)/p-1. The van der Waals surface area contributed by atoms with Crippen LogP contribution in [-0.2, 0) is 58.9 Å². The third kappa shape index (κ3) is 11.9. The van der Waals surface area contributed by atoms with Crippen molar-refractivity contribution in [1.29, 1.82) is 0 Å². The molecule has 1 aromatic carbocycles. The second-order valence-electron chi connectivity index (χ2n) is 9.15. The van der Waals surface area contributed by atoms with Gasteiger partial charge in [-0.3, -0.25) is 28.8 Å². The molecule has 0 bridgehead atoms. The number of amides is 2. The van der Waals surface area contributed by atoms with Gasteiger partial charge in [0.05, 0.1) is 28.0 Å². The number of esters is 4. The molecule has 0 saturated heterocycles. The van der Waals surface area contributed by atoms with Crippen LogP contribution in [-0.4, -0.2) is 80.2 Å². The first kappa shape index (κ1) is 39.7. The van der Waals surface area contributed by atoms with Gasteiger partial charge in [0.2, 0.25) is 0 Å². The maximum absolute atomic E-state index is 13.7. The molecule has 0 aliphatic rings. The molecule has 2 atom stereocenters. The van der Waals surface area contributed by atoms with E-state index in [1.807, 2.05) is 67.8 Å². The Hall–Kier alpha value is -2.30. The largest absolute Gasteiger partial charge is 0.550 e. The summed E-state index contributed by atoms with van der Waals surface area (Å²) in [4.78, 5) is 87.7. The number of nitrogens with zero attached hydrogens (tertiary/aromatic N) is 2. The first-order chi connectivity index (χ1) is 20.4. The minimum atomic E-state index is -1.34. The lowest BCUT2D eigenvalue weighted by Gasteiger charge is -2.33. The average Bonchev–Trinajstić information content (AvgIpc) is 2.89. The van der Waals surface area contributed by atoms with Gasteiger partial charge in [0.1, 0.15) is 13.2 Å². The predicted molar refractivity (Wildman–Crippen MR) is 178 cm³/mol. The number of carboxylic acid groups (broad SMARTS) is 1. The van der Waals surface area contributed by atoms with Gasteiger partial charge < -0.3 is 38.6 Å². The Kier molecular flexibility index (Phi) is 16.8. The van der Waals surface area contributed by atoms with Crippen LogP contribution in [0.5, 0.6) is 0 Å². The van der Waals surface area contributed by atoms with Crippen molar-refractivity contribution >= 4 is 121 Å². The minimum Gasteiger partial charge on any atom is -0.550 e. The quantitative estimate of drug-likeness (QED) is 0.142. The molecule has 0 fully saturated rings. The lowest BCUT2D eigenvalue weighted by Crippen LogP contribution is -2.45. The molecule has 244 valence electrons. The summed E-state index contributed by atoms with van der Waals surface area (Å²) >= 11 is 5.82. The van der Waals surface area contributed by atoms with Gasteiger partial charge >= 0.3 is 23.9 Å². The molecule has 1 aromatic rings. The Morgan fingerprint density at radius 2 is 1.02 bits per heavy atom. The first-order valence-electron chi connectivity index (χ1n) is 13.0. The number of aliphatic carboxylic acids is 1. The van der Waals surface area contributed by atoms with Gasteiger partial charge in [-0.1, -0.05) is 0 Å². The summed E-state index contributed by atoms with van der Waals surface area (Å²) in [7, 11) is 0. The molecule has 44 heavy (non-hydrogen) atoms. The number of benzene rings is 1. The minimum absolute atomic E-state index is 0.0627. The van der Waals surface area contributed by atoms with E-state index < -0.39 is 60.3 Å². The fourth-order valence-electron chi connectivity index (χ4n) is 3.87. The number of halogens is 3. The van der Waals surface area contributed by atoms with Gasteiger partial charge in [0, 0.05) is 40.8 Å². The van der Waals surface area contributed by atoms with Gasteiger partial charge in [-0.05, 0) is 100 Å². The normalized spacial score (nSPS) is 11.9. The molecule has 14 nitrogen and oxygen atoms in total. The number of hydrogen-bond acceptors (Lipinski definition) is 12. The summed E-state index contributed by atoms with van der Waals surface area (Å²) in [5.41, 5.74) is 0.879. The zero-order valence-corrected chi connectivity index (χ0v) is 31.3. The lowest BCUT2D eigenvalue weighted by molar-refractivity contribution is -0.305. The van der Waals surface area contributed by atoms with Crippen molar-refractivity contribution in [2.45, 2.75) is 66.6 Å². The third-order valence-corrected chi connectivity index (χ3v) is 8.98. The first-order valence-corrected chi connectivity index (χ1v) is 16.3. The fourth-order valence-corrected chi connectivity index (χ4v) is 8.74. The Bertz CT molecular complexity index is 1220. The molecular weight excluding hydrogens is 925 g/mol.